The molecule has 0 amide bonds. The first-order valence-electron chi connectivity index (χ1n) is 10.1. The Bertz CT molecular complexity index is 397. The molecule has 0 aromatic carbocycles. The van der Waals surface area contributed by atoms with Crippen molar-refractivity contribution in [2.75, 3.05) is 59.6 Å². The van der Waals surface area contributed by atoms with Crippen molar-refractivity contribution in [3.63, 3.8) is 0 Å². The minimum atomic E-state index is 0.237. The highest BCUT2D eigenvalue weighted by Gasteiger charge is 2.33. The van der Waals surface area contributed by atoms with E-state index in [1.165, 1.54) is 25.7 Å². The van der Waals surface area contributed by atoms with Gasteiger partial charge in [-0.25, -0.2) is 0 Å². The fourth-order valence-electron chi connectivity index (χ4n) is 3.83. The van der Waals surface area contributed by atoms with Crippen LogP contribution in [-0.4, -0.2) is 76.6 Å². The number of hydrogen-bond acceptors (Lipinski definition) is 4. The molecule has 0 radical (unpaired) electrons. The fourth-order valence-corrected chi connectivity index (χ4v) is 3.83. The average Bonchev–Trinajstić information content (AvgIpc) is 3.07. The largest absolute Gasteiger partial charge is 0.382 e. The normalized spacial score (nSPS) is 24.4. The van der Waals surface area contributed by atoms with Gasteiger partial charge in [0, 0.05) is 45.9 Å². The lowest BCUT2D eigenvalue weighted by molar-refractivity contribution is -0.0161. The third-order valence-electron chi connectivity index (χ3n) is 5.40. The zero-order chi connectivity index (χ0) is 18.0. The Balaban J connectivity index is 1.85. The zero-order valence-electron chi connectivity index (χ0n) is 16.5. The van der Waals surface area contributed by atoms with Gasteiger partial charge in [-0.15, -0.1) is 0 Å². The molecule has 1 atom stereocenters. The number of rotatable bonds is 9. The van der Waals surface area contributed by atoms with E-state index in [0.717, 1.165) is 64.9 Å². The van der Waals surface area contributed by atoms with Crippen molar-refractivity contribution < 1.29 is 9.47 Å². The molecule has 1 heterocycles. The van der Waals surface area contributed by atoms with Crippen LogP contribution < -0.4 is 10.6 Å². The number of nitrogens with one attached hydrogen (secondary N) is 2. The molecule has 1 unspecified atom stereocenters. The SMILES string of the molecule is CCNC(=NCC1(CCOCC)CCCC1)NCC1CN(C)CCO1. The van der Waals surface area contributed by atoms with E-state index in [-0.39, 0.29) is 6.10 Å². The maximum atomic E-state index is 5.84. The first-order chi connectivity index (χ1) is 12.2. The number of guanidine groups is 1. The molecule has 1 saturated heterocycles. The lowest BCUT2D eigenvalue weighted by atomic mass is 9.83. The standard InChI is InChI=1S/C19H38N4O2/c1-4-20-18(21-14-17-15-23(3)11-13-25-17)22-16-19(8-6-7-9-19)10-12-24-5-2/h17H,4-16H2,1-3H3,(H2,20,21,22). The van der Waals surface area contributed by atoms with Gasteiger partial charge in [0.05, 0.1) is 12.7 Å². The number of hydrogen-bond donors (Lipinski definition) is 2. The second-order valence-corrected chi connectivity index (χ2v) is 7.49. The summed E-state index contributed by atoms with van der Waals surface area (Å²) < 4.78 is 11.4. The maximum absolute atomic E-state index is 5.84. The van der Waals surface area contributed by atoms with E-state index in [1.807, 2.05) is 0 Å². The molecule has 2 fully saturated rings. The van der Waals surface area contributed by atoms with Crippen LogP contribution in [0.1, 0.15) is 46.0 Å². The van der Waals surface area contributed by atoms with Crippen molar-refractivity contribution in [1.82, 2.24) is 15.5 Å². The molecular weight excluding hydrogens is 316 g/mol. The van der Waals surface area contributed by atoms with Crippen molar-refractivity contribution in [2.24, 2.45) is 10.4 Å². The molecule has 2 aliphatic rings. The second kappa shape index (κ2) is 11.0. The Morgan fingerprint density at radius 3 is 2.76 bits per heavy atom. The highest BCUT2D eigenvalue weighted by Crippen LogP contribution is 2.41. The van der Waals surface area contributed by atoms with Gasteiger partial charge < -0.3 is 25.0 Å². The van der Waals surface area contributed by atoms with Crippen LogP contribution in [0.3, 0.4) is 0 Å². The van der Waals surface area contributed by atoms with E-state index in [2.05, 4.69) is 36.4 Å². The van der Waals surface area contributed by atoms with E-state index < -0.39 is 0 Å². The Labute approximate surface area is 153 Å². The van der Waals surface area contributed by atoms with Gasteiger partial charge in [0.2, 0.25) is 0 Å². The third kappa shape index (κ3) is 7.12. The van der Waals surface area contributed by atoms with Crippen molar-refractivity contribution >= 4 is 5.96 Å². The van der Waals surface area contributed by atoms with Crippen LogP contribution in [0.15, 0.2) is 4.99 Å². The Morgan fingerprint density at radius 2 is 2.08 bits per heavy atom. The first-order valence-corrected chi connectivity index (χ1v) is 10.1. The summed E-state index contributed by atoms with van der Waals surface area (Å²) in [5.41, 5.74) is 0.332. The van der Waals surface area contributed by atoms with Crippen molar-refractivity contribution in [2.45, 2.75) is 52.1 Å². The van der Waals surface area contributed by atoms with Crippen LogP contribution in [-0.2, 0) is 9.47 Å². The average molecular weight is 355 g/mol. The van der Waals surface area contributed by atoms with Crippen molar-refractivity contribution in [3.05, 3.63) is 0 Å². The highest BCUT2D eigenvalue weighted by molar-refractivity contribution is 5.79. The molecule has 0 spiro atoms. The van der Waals surface area contributed by atoms with E-state index >= 15 is 0 Å². The summed E-state index contributed by atoms with van der Waals surface area (Å²) in [4.78, 5) is 7.24. The molecule has 146 valence electrons. The Morgan fingerprint density at radius 1 is 1.28 bits per heavy atom. The monoisotopic (exact) mass is 354 g/mol. The summed E-state index contributed by atoms with van der Waals surface area (Å²) in [5, 5.41) is 6.86. The number of nitrogens with zero attached hydrogens (tertiary/aromatic N) is 2. The van der Waals surface area contributed by atoms with Gasteiger partial charge in [-0.3, -0.25) is 4.99 Å². The predicted molar refractivity (Wildman–Crippen MR) is 103 cm³/mol. The maximum Gasteiger partial charge on any atom is 0.191 e. The molecule has 0 bridgehead atoms. The van der Waals surface area contributed by atoms with E-state index in [1.54, 1.807) is 0 Å². The number of morpholine rings is 1. The summed E-state index contributed by atoms with van der Waals surface area (Å²) in [5.74, 6) is 0.919. The van der Waals surface area contributed by atoms with Crippen LogP contribution in [0.4, 0.5) is 0 Å². The Hall–Kier alpha value is -0.850. The molecule has 1 aliphatic carbocycles. The van der Waals surface area contributed by atoms with Gasteiger partial charge in [0.15, 0.2) is 5.96 Å². The smallest absolute Gasteiger partial charge is 0.191 e. The summed E-state index contributed by atoms with van der Waals surface area (Å²) in [6.07, 6.45) is 6.57. The Kier molecular flexibility index (Phi) is 8.99. The summed E-state index contributed by atoms with van der Waals surface area (Å²) in [6.45, 7) is 11.2. The first kappa shape index (κ1) is 20.5. The van der Waals surface area contributed by atoms with Crippen LogP contribution in [0.5, 0.6) is 0 Å². The fraction of sp³-hybridized carbons (Fsp3) is 0.947. The van der Waals surface area contributed by atoms with E-state index in [0.29, 0.717) is 5.41 Å². The van der Waals surface area contributed by atoms with Crippen LogP contribution in [0, 0.1) is 5.41 Å². The summed E-state index contributed by atoms with van der Waals surface area (Å²) in [6, 6.07) is 0. The molecule has 0 aromatic heterocycles. The van der Waals surface area contributed by atoms with Gasteiger partial charge in [0.1, 0.15) is 0 Å². The lowest BCUT2D eigenvalue weighted by Crippen LogP contribution is -2.48. The molecule has 2 N–H and O–H groups in total. The summed E-state index contributed by atoms with van der Waals surface area (Å²) in [7, 11) is 2.15. The highest BCUT2D eigenvalue weighted by atomic mass is 16.5. The molecule has 2 rings (SSSR count). The quantitative estimate of drug-likeness (QED) is 0.376. The molecule has 25 heavy (non-hydrogen) atoms. The molecule has 1 saturated carbocycles. The second-order valence-electron chi connectivity index (χ2n) is 7.49. The van der Waals surface area contributed by atoms with Gasteiger partial charge in [-0.05, 0) is 45.6 Å². The van der Waals surface area contributed by atoms with Crippen LogP contribution in [0.25, 0.3) is 0 Å². The molecule has 1 aliphatic heterocycles. The minimum absolute atomic E-state index is 0.237. The van der Waals surface area contributed by atoms with Gasteiger partial charge in [-0.2, -0.15) is 0 Å². The summed E-state index contributed by atoms with van der Waals surface area (Å²) >= 11 is 0. The van der Waals surface area contributed by atoms with Gasteiger partial charge in [0.25, 0.3) is 0 Å². The van der Waals surface area contributed by atoms with Crippen molar-refractivity contribution in [3.8, 4) is 0 Å². The van der Waals surface area contributed by atoms with Crippen molar-refractivity contribution in [1.29, 1.82) is 0 Å². The van der Waals surface area contributed by atoms with E-state index in [4.69, 9.17) is 14.5 Å². The number of ether oxygens (including phenoxy) is 2. The number of aliphatic imine (C=N–C) groups is 1. The lowest BCUT2D eigenvalue weighted by Gasteiger charge is -2.31. The van der Waals surface area contributed by atoms with E-state index in [9.17, 15) is 0 Å². The zero-order valence-corrected chi connectivity index (χ0v) is 16.5. The molecule has 6 heteroatoms. The molecule has 0 aromatic rings. The molecular formula is C19H38N4O2. The number of likely N-dealkylation sites (N-methyl/N-ethyl adjacent to an activating group) is 1. The minimum Gasteiger partial charge on any atom is -0.382 e. The topological polar surface area (TPSA) is 58.1 Å². The third-order valence-corrected chi connectivity index (χ3v) is 5.40. The van der Waals surface area contributed by atoms with Crippen LogP contribution >= 0.6 is 0 Å². The van der Waals surface area contributed by atoms with Gasteiger partial charge in [-0.1, -0.05) is 12.8 Å². The predicted octanol–water partition coefficient (Wildman–Crippen LogP) is 1.86. The van der Waals surface area contributed by atoms with Crippen LogP contribution in [0.2, 0.25) is 0 Å². The molecule has 6 nitrogen and oxygen atoms in total. The van der Waals surface area contributed by atoms with Gasteiger partial charge >= 0.3 is 0 Å².